The van der Waals surface area contributed by atoms with Crippen LogP contribution in [0, 0.1) is 17.8 Å². The lowest BCUT2D eigenvalue weighted by Gasteiger charge is -2.52. The third kappa shape index (κ3) is 5.34. The van der Waals surface area contributed by atoms with E-state index >= 15 is 0 Å². The fourth-order valence-electron chi connectivity index (χ4n) is 7.54. The van der Waals surface area contributed by atoms with E-state index in [0.29, 0.717) is 17.9 Å². The second-order valence-corrected chi connectivity index (χ2v) is 11.6. The Bertz CT molecular complexity index is 1550. The number of methoxy groups -OCH3 is 4. The lowest BCUT2D eigenvalue weighted by molar-refractivity contribution is -0.187. The number of nitrogens with one attached hydrogen (secondary N) is 1. The van der Waals surface area contributed by atoms with Crippen molar-refractivity contribution < 1.29 is 33.3 Å². The maximum Gasteiger partial charge on any atom is 0.331 e. The molecule has 10 heteroatoms. The number of esters is 2. The van der Waals surface area contributed by atoms with Gasteiger partial charge in [-0.3, -0.25) is 9.69 Å². The molecule has 3 aliphatic rings. The molecule has 6 atom stereocenters. The van der Waals surface area contributed by atoms with Crippen LogP contribution < -0.4 is 15.2 Å². The number of hydrogen-bond acceptors (Lipinski definition) is 9. The molecular weight excluding hydrogens is 550 g/mol. The third-order valence-corrected chi connectivity index (χ3v) is 9.54. The van der Waals surface area contributed by atoms with Gasteiger partial charge < -0.3 is 34.4 Å². The summed E-state index contributed by atoms with van der Waals surface area (Å²) in [5.41, 5.74) is 10.8. The maximum absolute atomic E-state index is 13.3. The van der Waals surface area contributed by atoms with Crippen molar-refractivity contribution in [3.05, 3.63) is 59.3 Å². The highest BCUT2D eigenvalue weighted by atomic mass is 16.6. The van der Waals surface area contributed by atoms with Gasteiger partial charge in [-0.25, -0.2) is 4.79 Å². The summed E-state index contributed by atoms with van der Waals surface area (Å²) in [6, 6.07) is 11.6. The minimum atomic E-state index is -0.621. The number of carbonyl (C=O) groups excluding carboxylic acids is 2. The number of nitrogen functional groups attached to an aromatic ring is 1. The van der Waals surface area contributed by atoms with Gasteiger partial charge in [-0.1, -0.05) is 6.07 Å². The first-order valence-corrected chi connectivity index (χ1v) is 14.7. The first-order chi connectivity index (χ1) is 20.8. The molecule has 2 fully saturated rings. The smallest absolute Gasteiger partial charge is 0.331 e. The van der Waals surface area contributed by atoms with Gasteiger partial charge in [0.2, 0.25) is 0 Å². The third-order valence-electron chi connectivity index (χ3n) is 9.54. The standard InChI is InChI=1S/C33H39N3O7/c1-39-20-7-8-21-22-11-12-36-17-19-14-28(43-29(37)10-6-18-5-9-24(34)27(13-18)40-2)32(41-3)30(33(38)42-4)23(19)16-26(36)31(22)35-25(21)15-20/h5-10,13,15,19,23,26,28,30,32,35H,11-12,14,16-17,34H2,1-4H3/t19-,23+,26-,28-,30+,32+/m1/s1. The van der Waals surface area contributed by atoms with Crippen LogP contribution in [0.15, 0.2) is 42.5 Å². The summed E-state index contributed by atoms with van der Waals surface area (Å²) in [4.78, 5) is 32.5. The summed E-state index contributed by atoms with van der Waals surface area (Å²) < 4.78 is 27.9. The Kier molecular flexibility index (Phi) is 8.07. The number of aromatic nitrogens is 1. The van der Waals surface area contributed by atoms with Gasteiger partial charge in [-0.2, -0.15) is 0 Å². The number of H-pyrrole nitrogens is 1. The second-order valence-electron chi connectivity index (χ2n) is 11.6. The second kappa shape index (κ2) is 11.9. The largest absolute Gasteiger partial charge is 0.497 e. The highest BCUT2D eigenvalue weighted by Gasteiger charge is 2.54. The molecule has 0 amide bonds. The molecular formula is C33H39N3O7. The zero-order valence-electron chi connectivity index (χ0n) is 25.0. The van der Waals surface area contributed by atoms with Crippen LogP contribution >= 0.6 is 0 Å². The van der Waals surface area contributed by atoms with Gasteiger partial charge in [0.1, 0.15) is 23.7 Å². The minimum Gasteiger partial charge on any atom is -0.497 e. The topological polar surface area (TPSA) is 125 Å². The van der Waals surface area contributed by atoms with Crippen molar-refractivity contribution >= 4 is 34.6 Å². The van der Waals surface area contributed by atoms with Crippen molar-refractivity contribution in [3.8, 4) is 11.5 Å². The predicted octanol–water partition coefficient (Wildman–Crippen LogP) is 4.14. The minimum absolute atomic E-state index is 0.0123. The molecule has 1 aliphatic carbocycles. The van der Waals surface area contributed by atoms with E-state index in [1.54, 1.807) is 45.6 Å². The Labute approximate surface area is 251 Å². The highest BCUT2D eigenvalue weighted by Crippen LogP contribution is 2.50. The average Bonchev–Trinajstić information content (AvgIpc) is 3.40. The lowest BCUT2D eigenvalue weighted by atomic mass is 9.63. The van der Waals surface area contributed by atoms with Crippen LogP contribution in [-0.2, 0) is 30.2 Å². The van der Waals surface area contributed by atoms with Gasteiger partial charge in [-0.05, 0) is 72.6 Å². The Balaban J connectivity index is 1.24. The van der Waals surface area contributed by atoms with Gasteiger partial charge in [0, 0.05) is 48.9 Å². The summed E-state index contributed by atoms with van der Waals surface area (Å²) in [6.07, 6.45) is 4.14. The van der Waals surface area contributed by atoms with Gasteiger partial charge in [-0.15, -0.1) is 0 Å². The van der Waals surface area contributed by atoms with E-state index in [9.17, 15) is 9.59 Å². The summed E-state index contributed by atoms with van der Waals surface area (Å²) in [6.45, 7) is 1.72. The molecule has 3 heterocycles. The molecule has 43 heavy (non-hydrogen) atoms. The van der Waals surface area contributed by atoms with Crippen LogP contribution in [0.1, 0.15) is 35.7 Å². The van der Waals surface area contributed by atoms with E-state index in [4.69, 9.17) is 29.4 Å². The van der Waals surface area contributed by atoms with E-state index in [1.165, 1.54) is 29.8 Å². The number of aromatic amines is 1. The molecule has 0 bridgehead atoms. The molecule has 0 spiro atoms. The number of fused-ring (bicyclic) bond motifs is 6. The fourth-order valence-corrected chi connectivity index (χ4v) is 7.54. The number of anilines is 1. The van der Waals surface area contributed by atoms with Crippen LogP contribution in [0.3, 0.4) is 0 Å². The van der Waals surface area contributed by atoms with Crippen LogP contribution in [0.4, 0.5) is 5.69 Å². The number of benzene rings is 2. The monoisotopic (exact) mass is 589 g/mol. The first-order valence-electron chi connectivity index (χ1n) is 14.7. The maximum atomic E-state index is 13.3. The number of ether oxygens (including phenoxy) is 5. The lowest BCUT2D eigenvalue weighted by Crippen LogP contribution is -2.58. The van der Waals surface area contributed by atoms with E-state index in [1.807, 2.05) is 12.1 Å². The molecule has 1 aromatic heterocycles. The highest BCUT2D eigenvalue weighted by molar-refractivity contribution is 5.88. The first kappa shape index (κ1) is 29.1. The Morgan fingerprint density at radius 2 is 1.88 bits per heavy atom. The van der Waals surface area contributed by atoms with Crippen molar-refractivity contribution in [2.75, 3.05) is 47.3 Å². The van der Waals surface area contributed by atoms with Crippen molar-refractivity contribution in [1.82, 2.24) is 9.88 Å². The SMILES string of the molecule is COC(=O)[C@H]1[C@H]2C[C@@H]3c4[nH]c5cc(OC)ccc5c4CCN3C[C@H]2C[C@@H](OC(=O)C=Cc2ccc(N)c(OC)c2)[C@@H]1OC. The van der Waals surface area contributed by atoms with Gasteiger partial charge >= 0.3 is 11.9 Å². The van der Waals surface area contributed by atoms with Crippen LogP contribution in [0.2, 0.25) is 0 Å². The van der Waals surface area contributed by atoms with Crippen molar-refractivity contribution in [2.45, 2.75) is 37.5 Å². The number of piperidine rings is 1. The van der Waals surface area contributed by atoms with Crippen molar-refractivity contribution in [3.63, 3.8) is 0 Å². The average molecular weight is 590 g/mol. The van der Waals surface area contributed by atoms with Crippen molar-refractivity contribution in [2.24, 2.45) is 17.8 Å². The van der Waals surface area contributed by atoms with Crippen molar-refractivity contribution in [1.29, 1.82) is 0 Å². The van der Waals surface area contributed by atoms with Crippen LogP contribution in [-0.4, -0.2) is 75.6 Å². The zero-order valence-corrected chi connectivity index (χ0v) is 25.0. The van der Waals surface area contributed by atoms with Gasteiger partial charge in [0.05, 0.1) is 39.0 Å². The van der Waals surface area contributed by atoms with E-state index in [0.717, 1.165) is 42.8 Å². The number of carbonyl (C=O) groups is 2. The molecule has 3 aromatic rings. The molecule has 0 radical (unpaired) electrons. The molecule has 2 aromatic carbocycles. The van der Waals surface area contributed by atoms with Crippen LogP contribution in [0.5, 0.6) is 11.5 Å². The number of rotatable bonds is 7. The summed E-state index contributed by atoms with van der Waals surface area (Å²) in [5, 5.41) is 1.22. The van der Waals surface area contributed by atoms with E-state index in [-0.39, 0.29) is 23.8 Å². The Morgan fingerprint density at radius 3 is 2.63 bits per heavy atom. The van der Waals surface area contributed by atoms with Gasteiger partial charge in [0.25, 0.3) is 0 Å². The molecule has 2 aliphatic heterocycles. The Hall–Kier alpha value is -4.02. The molecule has 1 saturated heterocycles. The normalized spacial score (nSPS) is 26.8. The molecule has 3 N–H and O–H groups in total. The molecule has 6 rings (SSSR count). The predicted molar refractivity (Wildman–Crippen MR) is 162 cm³/mol. The quantitative estimate of drug-likeness (QED) is 0.238. The summed E-state index contributed by atoms with van der Waals surface area (Å²) in [5.74, 6) is 0.0962. The number of nitrogens with zero attached hydrogens (tertiary/aromatic N) is 1. The fraction of sp³-hybridized carbons (Fsp3) is 0.455. The van der Waals surface area contributed by atoms with Crippen LogP contribution in [0.25, 0.3) is 17.0 Å². The molecule has 10 nitrogen and oxygen atoms in total. The molecule has 1 saturated carbocycles. The summed E-state index contributed by atoms with van der Waals surface area (Å²) in [7, 11) is 6.19. The molecule has 0 unspecified atom stereocenters. The number of nitrogens with two attached hydrogens (primary N) is 1. The van der Waals surface area contributed by atoms with E-state index in [2.05, 4.69) is 16.0 Å². The Morgan fingerprint density at radius 1 is 1.05 bits per heavy atom. The van der Waals surface area contributed by atoms with E-state index < -0.39 is 24.1 Å². The molecule has 228 valence electrons. The zero-order chi connectivity index (χ0) is 30.2. The summed E-state index contributed by atoms with van der Waals surface area (Å²) >= 11 is 0. The van der Waals surface area contributed by atoms with Gasteiger partial charge in [0.15, 0.2) is 0 Å². The number of hydrogen-bond donors (Lipinski definition) is 2.